The largest absolute Gasteiger partial charge is 0.480 e. The zero-order valence-electron chi connectivity index (χ0n) is 11.7. The van der Waals surface area contributed by atoms with E-state index in [0.29, 0.717) is 23.7 Å². The molecule has 0 saturated carbocycles. The van der Waals surface area contributed by atoms with Crippen molar-refractivity contribution < 1.29 is 9.90 Å². The fraction of sp³-hybridized carbons (Fsp3) is 0.357. The first kappa shape index (κ1) is 15.5. The zero-order valence-corrected chi connectivity index (χ0v) is 12.4. The monoisotopic (exact) mass is 308 g/mol. The Labute approximate surface area is 127 Å². The van der Waals surface area contributed by atoms with Gasteiger partial charge in [-0.1, -0.05) is 30.2 Å². The van der Waals surface area contributed by atoms with Gasteiger partial charge in [0.15, 0.2) is 0 Å². The number of hydrogen-bond acceptors (Lipinski definition) is 4. The molecule has 0 saturated heterocycles. The molecule has 0 radical (unpaired) electrons. The van der Waals surface area contributed by atoms with E-state index in [-0.39, 0.29) is 0 Å². The summed E-state index contributed by atoms with van der Waals surface area (Å²) in [6.07, 6.45) is 3.16. The normalized spacial score (nSPS) is 12.3. The molecule has 0 bridgehead atoms. The lowest BCUT2D eigenvalue weighted by Gasteiger charge is -2.11. The average molecular weight is 309 g/mol. The third-order valence-electron chi connectivity index (χ3n) is 3.04. The Hall–Kier alpha value is -1.92. The van der Waals surface area contributed by atoms with Gasteiger partial charge < -0.3 is 5.11 Å². The van der Waals surface area contributed by atoms with Crippen LogP contribution in [0.4, 0.5) is 0 Å². The molecule has 7 heteroatoms. The van der Waals surface area contributed by atoms with E-state index < -0.39 is 12.0 Å². The molecule has 1 aromatic carbocycles. The fourth-order valence-corrected chi connectivity index (χ4v) is 2.05. The van der Waals surface area contributed by atoms with Crippen LogP contribution < -0.4 is 5.32 Å². The van der Waals surface area contributed by atoms with Gasteiger partial charge in [-0.25, -0.2) is 4.68 Å². The second kappa shape index (κ2) is 7.19. The minimum absolute atomic E-state index is 0.366. The second-order valence-corrected chi connectivity index (χ2v) is 5.13. The van der Waals surface area contributed by atoms with E-state index in [0.717, 1.165) is 12.1 Å². The number of nitrogens with zero attached hydrogens (tertiary/aromatic N) is 3. The Kier molecular flexibility index (Phi) is 5.30. The second-order valence-electron chi connectivity index (χ2n) is 4.69. The summed E-state index contributed by atoms with van der Waals surface area (Å²) in [7, 11) is 0. The molecular weight excluding hydrogens is 292 g/mol. The molecule has 0 aliphatic heterocycles. The van der Waals surface area contributed by atoms with Crippen LogP contribution >= 0.6 is 11.6 Å². The number of carboxylic acids is 1. The molecule has 0 amide bonds. The SMILES string of the molecule is CCCC(NCc1cn(-c2ccc(Cl)cc2)nn1)C(=O)O. The first-order chi connectivity index (χ1) is 10.1. The Bertz CT molecular complexity index is 597. The standard InChI is InChI=1S/C14H17ClN4O2/c1-2-3-13(14(20)21)16-8-11-9-19(18-17-11)12-6-4-10(15)5-7-12/h4-7,9,13,16H,2-3,8H2,1H3,(H,20,21). The Morgan fingerprint density at radius 1 is 1.43 bits per heavy atom. The van der Waals surface area contributed by atoms with Gasteiger partial charge in [-0.15, -0.1) is 5.10 Å². The van der Waals surface area contributed by atoms with Gasteiger partial charge in [-0.2, -0.15) is 0 Å². The maximum absolute atomic E-state index is 11.1. The van der Waals surface area contributed by atoms with Crippen molar-refractivity contribution in [1.29, 1.82) is 0 Å². The van der Waals surface area contributed by atoms with E-state index in [9.17, 15) is 4.79 Å². The van der Waals surface area contributed by atoms with Gasteiger partial charge in [0.1, 0.15) is 6.04 Å². The summed E-state index contributed by atoms with van der Waals surface area (Å²) in [6.45, 7) is 2.32. The van der Waals surface area contributed by atoms with Crippen molar-refractivity contribution >= 4 is 17.6 Å². The summed E-state index contributed by atoms with van der Waals surface area (Å²) in [5.41, 5.74) is 1.54. The topological polar surface area (TPSA) is 80.0 Å². The summed E-state index contributed by atoms with van der Waals surface area (Å²) in [5, 5.41) is 20.8. The van der Waals surface area contributed by atoms with Crippen molar-refractivity contribution in [3.63, 3.8) is 0 Å². The van der Waals surface area contributed by atoms with Crippen LogP contribution in [0.1, 0.15) is 25.5 Å². The summed E-state index contributed by atoms with van der Waals surface area (Å²) in [4.78, 5) is 11.1. The van der Waals surface area contributed by atoms with E-state index in [1.54, 1.807) is 23.0 Å². The third kappa shape index (κ3) is 4.27. The fourth-order valence-electron chi connectivity index (χ4n) is 1.93. The molecule has 6 nitrogen and oxygen atoms in total. The maximum Gasteiger partial charge on any atom is 0.320 e. The van der Waals surface area contributed by atoms with Crippen molar-refractivity contribution in [2.45, 2.75) is 32.4 Å². The van der Waals surface area contributed by atoms with Crippen LogP contribution in [-0.2, 0) is 11.3 Å². The number of halogens is 1. The van der Waals surface area contributed by atoms with E-state index in [2.05, 4.69) is 15.6 Å². The van der Waals surface area contributed by atoms with E-state index in [1.807, 2.05) is 19.1 Å². The number of carbonyl (C=O) groups is 1. The van der Waals surface area contributed by atoms with E-state index in [4.69, 9.17) is 16.7 Å². The highest BCUT2D eigenvalue weighted by Gasteiger charge is 2.15. The van der Waals surface area contributed by atoms with Crippen molar-refractivity contribution in [3.8, 4) is 5.69 Å². The van der Waals surface area contributed by atoms with Gasteiger partial charge in [-0.05, 0) is 30.7 Å². The van der Waals surface area contributed by atoms with Crippen LogP contribution in [0, 0.1) is 0 Å². The highest BCUT2D eigenvalue weighted by molar-refractivity contribution is 6.30. The Balaban J connectivity index is 2.00. The van der Waals surface area contributed by atoms with Crippen LogP contribution in [-0.4, -0.2) is 32.1 Å². The maximum atomic E-state index is 11.1. The van der Waals surface area contributed by atoms with Gasteiger partial charge in [0.05, 0.1) is 17.6 Å². The molecule has 0 fully saturated rings. The predicted molar refractivity (Wildman–Crippen MR) is 79.5 cm³/mol. The van der Waals surface area contributed by atoms with Crippen molar-refractivity contribution in [3.05, 3.63) is 41.2 Å². The number of rotatable bonds is 7. The van der Waals surface area contributed by atoms with Crippen molar-refractivity contribution in [2.24, 2.45) is 0 Å². The first-order valence-electron chi connectivity index (χ1n) is 6.73. The number of hydrogen-bond donors (Lipinski definition) is 2. The predicted octanol–water partition coefficient (Wildman–Crippen LogP) is 2.26. The molecule has 21 heavy (non-hydrogen) atoms. The molecule has 2 rings (SSSR count). The average Bonchev–Trinajstić information content (AvgIpc) is 2.92. The molecule has 0 aliphatic carbocycles. The van der Waals surface area contributed by atoms with E-state index >= 15 is 0 Å². The Morgan fingerprint density at radius 3 is 2.76 bits per heavy atom. The molecule has 1 heterocycles. The number of nitrogens with one attached hydrogen (secondary N) is 1. The highest BCUT2D eigenvalue weighted by Crippen LogP contribution is 2.12. The van der Waals surface area contributed by atoms with Gasteiger partial charge in [0, 0.05) is 11.6 Å². The van der Waals surface area contributed by atoms with Crippen molar-refractivity contribution in [1.82, 2.24) is 20.3 Å². The van der Waals surface area contributed by atoms with Crippen molar-refractivity contribution in [2.75, 3.05) is 0 Å². The van der Waals surface area contributed by atoms with Gasteiger partial charge in [-0.3, -0.25) is 10.1 Å². The van der Waals surface area contributed by atoms with Crippen LogP contribution in [0.2, 0.25) is 5.02 Å². The lowest BCUT2D eigenvalue weighted by molar-refractivity contribution is -0.139. The lowest BCUT2D eigenvalue weighted by atomic mass is 10.1. The first-order valence-corrected chi connectivity index (χ1v) is 7.11. The highest BCUT2D eigenvalue weighted by atomic mass is 35.5. The molecule has 112 valence electrons. The summed E-state index contributed by atoms with van der Waals surface area (Å²) < 4.78 is 1.63. The van der Waals surface area contributed by atoms with Gasteiger partial charge in [0.25, 0.3) is 0 Å². The minimum atomic E-state index is -0.845. The van der Waals surface area contributed by atoms with Gasteiger partial charge in [0.2, 0.25) is 0 Å². The van der Waals surface area contributed by atoms with Crippen LogP contribution in [0.15, 0.2) is 30.5 Å². The molecule has 1 unspecified atom stereocenters. The van der Waals surface area contributed by atoms with Crippen LogP contribution in [0.3, 0.4) is 0 Å². The molecule has 2 N–H and O–H groups in total. The summed E-state index contributed by atoms with van der Waals surface area (Å²) >= 11 is 5.84. The summed E-state index contributed by atoms with van der Waals surface area (Å²) in [5.74, 6) is -0.845. The molecule has 1 atom stereocenters. The Morgan fingerprint density at radius 2 is 2.14 bits per heavy atom. The quantitative estimate of drug-likeness (QED) is 0.820. The molecule has 2 aromatic rings. The van der Waals surface area contributed by atoms with Gasteiger partial charge >= 0.3 is 5.97 Å². The van der Waals surface area contributed by atoms with Crippen LogP contribution in [0.5, 0.6) is 0 Å². The molecule has 1 aromatic heterocycles. The minimum Gasteiger partial charge on any atom is -0.480 e. The number of aliphatic carboxylic acids is 1. The number of benzene rings is 1. The molecule has 0 spiro atoms. The molecular formula is C14H17ClN4O2. The third-order valence-corrected chi connectivity index (χ3v) is 3.29. The van der Waals surface area contributed by atoms with E-state index in [1.165, 1.54) is 0 Å². The lowest BCUT2D eigenvalue weighted by Crippen LogP contribution is -2.36. The van der Waals surface area contributed by atoms with Crippen LogP contribution in [0.25, 0.3) is 5.69 Å². The summed E-state index contributed by atoms with van der Waals surface area (Å²) in [6, 6.07) is 6.67. The zero-order chi connectivity index (χ0) is 15.2. The smallest absolute Gasteiger partial charge is 0.320 e. The number of aromatic nitrogens is 3. The molecule has 0 aliphatic rings. The number of carboxylic acid groups (broad SMARTS) is 1.